The Labute approximate surface area is 165 Å². The third kappa shape index (κ3) is 6.62. The highest BCUT2D eigenvalue weighted by atomic mass is 35.5. The van der Waals surface area contributed by atoms with Crippen LogP contribution in [0.3, 0.4) is 0 Å². The summed E-state index contributed by atoms with van der Waals surface area (Å²) in [6.45, 7) is 9.15. The van der Waals surface area contributed by atoms with Gasteiger partial charge in [0.2, 0.25) is 0 Å². The Morgan fingerprint density at radius 1 is 1.19 bits per heavy atom. The summed E-state index contributed by atoms with van der Waals surface area (Å²) in [6.07, 6.45) is 1.78. The summed E-state index contributed by atoms with van der Waals surface area (Å²) in [5.41, 5.74) is 2.74. The number of halogens is 1. The van der Waals surface area contributed by atoms with E-state index in [9.17, 15) is 4.79 Å². The predicted octanol–water partition coefficient (Wildman–Crippen LogP) is 4.34. The van der Waals surface area contributed by atoms with E-state index in [1.54, 1.807) is 12.1 Å². The van der Waals surface area contributed by atoms with Gasteiger partial charge in [0.25, 0.3) is 5.91 Å². The Kier molecular flexibility index (Phi) is 8.17. The Morgan fingerprint density at radius 2 is 1.89 bits per heavy atom. The molecule has 1 amide bonds. The van der Waals surface area contributed by atoms with Crippen LogP contribution in [-0.4, -0.2) is 25.7 Å². The second-order valence-corrected chi connectivity index (χ2v) is 6.35. The Bertz CT molecular complexity index is 776. The summed E-state index contributed by atoms with van der Waals surface area (Å²) in [6, 6.07) is 11.1. The van der Waals surface area contributed by atoms with Gasteiger partial charge in [-0.1, -0.05) is 35.4 Å². The first-order valence-corrected chi connectivity index (χ1v) is 9.17. The van der Waals surface area contributed by atoms with Crippen molar-refractivity contribution >= 4 is 23.2 Å². The van der Waals surface area contributed by atoms with Gasteiger partial charge in [-0.25, -0.2) is 0 Å². The van der Waals surface area contributed by atoms with Gasteiger partial charge >= 0.3 is 0 Å². The molecule has 0 bridgehead atoms. The number of nitrogens with one attached hydrogen (secondary N) is 2. The molecule has 0 saturated heterocycles. The Balaban J connectivity index is 2.02. The lowest BCUT2D eigenvalue weighted by Crippen LogP contribution is -2.20. The molecule has 0 radical (unpaired) electrons. The van der Waals surface area contributed by atoms with Gasteiger partial charge in [-0.2, -0.15) is 0 Å². The van der Waals surface area contributed by atoms with Gasteiger partial charge in [0.05, 0.1) is 6.61 Å². The molecule has 0 aromatic heterocycles. The first-order chi connectivity index (χ1) is 13.0. The zero-order chi connectivity index (χ0) is 19.6. The molecule has 0 aliphatic heterocycles. The first kappa shape index (κ1) is 20.8. The quantitative estimate of drug-likeness (QED) is 0.469. The van der Waals surface area contributed by atoms with Crippen LogP contribution in [-0.2, 0) is 11.3 Å². The van der Waals surface area contributed by atoms with Gasteiger partial charge in [0, 0.05) is 29.9 Å². The lowest BCUT2D eigenvalue weighted by molar-refractivity contribution is -0.118. The highest BCUT2D eigenvalue weighted by molar-refractivity contribution is 6.31. The van der Waals surface area contributed by atoms with Crippen LogP contribution in [0.15, 0.2) is 49.1 Å². The number of ether oxygens (including phenoxy) is 2. The monoisotopic (exact) mass is 388 g/mol. The van der Waals surface area contributed by atoms with Gasteiger partial charge in [-0.3, -0.25) is 4.79 Å². The normalized spacial score (nSPS) is 10.3. The van der Waals surface area contributed by atoms with Crippen molar-refractivity contribution in [3.8, 4) is 11.5 Å². The third-order valence-electron chi connectivity index (χ3n) is 3.71. The molecule has 0 saturated carbocycles. The molecule has 27 heavy (non-hydrogen) atoms. The maximum absolute atomic E-state index is 12.1. The Hall–Kier alpha value is -2.50. The van der Waals surface area contributed by atoms with Gasteiger partial charge < -0.3 is 20.1 Å². The lowest BCUT2D eigenvalue weighted by atomic mass is 10.2. The summed E-state index contributed by atoms with van der Waals surface area (Å²) in [5.74, 6) is 0.739. The van der Waals surface area contributed by atoms with E-state index in [4.69, 9.17) is 21.1 Å². The van der Waals surface area contributed by atoms with Crippen LogP contribution in [0.4, 0.5) is 5.69 Å². The predicted molar refractivity (Wildman–Crippen MR) is 110 cm³/mol. The smallest absolute Gasteiger partial charge is 0.262 e. The van der Waals surface area contributed by atoms with Crippen molar-refractivity contribution in [2.75, 3.05) is 25.1 Å². The van der Waals surface area contributed by atoms with Crippen molar-refractivity contribution in [2.45, 2.75) is 20.4 Å². The van der Waals surface area contributed by atoms with Crippen LogP contribution in [0.5, 0.6) is 11.5 Å². The molecule has 0 aliphatic rings. The van der Waals surface area contributed by atoms with E-state index in [0.717, 1.165) is 16.8 Å². The average molecular weight is 389 g/mol. The highest BCUT2D eigenvalue weighted by Gasteiger charge is 2.13. The lowest BCUT2D eigenvalue weighted by Gasteiger charge is -2.15. The van der Waals surface area contributed by atoms with E-state index >= 15 is 0 Å². The van der Waals surface area contributed by atoms with Crippen molar-refractivity contribution in [1.82, 2.24) is 5.32 Å². The molecule has 2 aromatic carbocycles. The topological polar surface area (TPSA) is 59.6 Å². The molecule has 0 aliphatic carbocycles. The fraction of sp³-hybridized carbons (Fsp3) is 0.286. The number of rotatable bonds is 10. The van der Waals surface area contributed by atoms with E-state index in [-0.39, 0.29) is 12.5 Å². The molecule has 0 fully saturated rings. The molecule has 0 spiro atoms. The number of benzene rings is 2. The van der Waals surface area contributed by atoms with Crippen LogP contribution in [0, 0.1) is 6.92 Å². The largest absolute Gasteiger partial charge is 0.490 e. The highest BCUT2D eigenvalue weighted by Crippen LogP contribution is 2.33. The zero-order valence-corrected chi connectivity index (χ0v) is 16.4. The molecule has 2 rings (SSSR count). The van der Waals surface area contributed by atoms with Crippen molar-refractivity contribution in [1.29, 1.82) is 0 Å². The van der Waals surface area contributed by atoms with Crippen LogP contribution in [0.2, 0.25) is 5.02 Å². The molecule has 2 aromatic rings. The number of anilines is 1. The molecular formula is C21H25ClN2O3. The minimum Gasteiger partial charge on any atom is -0.490 e. The summed E-state index contributed by atoms with van der Waals surface area (Å²) in [5, 5.41) is 6.54. The maximum Gasteiger partial charge on any atom is 0.262 e. The molecule has 144 valence electrons. The van der Waals surface area contributed by atoms with E-state index in [1.165, 1.54) is 0 Å². The molecule has 0 unspecified atom stereocenters. The van der Waals surface area contributed by atoms with Crippen molar-refractivity contribution in [2.24, 2.45) is 0 Å². The molecule has 5 nitrogen and oxygen atoms in total. The molecule has 0 heterocycles. The summed E-state index contributed by atoms with van der Waals surface area (Å²) >= 11 is 6.34. The van der Waals surface area contributed by atoms with Crippen LogP contribution in [0.1, 0.15) is 18.1 Å². The number of carbonyl (C=O) groups is 1. The van der Waals surface area contributed by atoms with Crippen molar-refractivity contribution in [3.05, 3.63) is 65.2 Å². The Morgan fingerprint density at radius 3 is 2.56 bits per heavy atom. The fourth-order valence-electron chi connectivity index (χ4n) is 2.38. The number of hydrogen-bond donors (Lipinski definition) is 2. The second-order valence-electron chi connectivity index (χ2n) is 5.95. The van der Waals surface area contributed by atoms with Crippen LogP contribution in [0.25, 0.3) is 0 Å². The van der Waals surface area contributed by atoms with E-state index < -0.39 is 0 Å². The number of aryl methyl sites for hydroxylation is 1. The van der Waals surface area contributed by atoms with Crippen molar-refractivity contribution < 1.29 is 14.3 Å². The molecule has 2 N–H and O–H groups in total. The standard InChI is InChI=1S/C21H25ClN2O3/c1-4-10-23-13-16-11-19(26-5-2)20(12-18(16)22)27-14-21(25)24-17-8-6-15(3)7-9-17/h4,6-9,11-12,23H,1,5,10,13-14H2,2-3H3,(H,24,25). The van der Waals surface area contributed by atoms with E-state index in [0.29, 0.717) is 36.2 Å². The zero-order valence-electron chi connectivity index (χ0n) is 15.7. The fourth-order valence-corrected chi connectivity index (χ4v) is 2.60. The summed E-state index contributed by atoms with van der Waals surface area (Å²) in [4.78, 5) is 12.1. The third-order valence-corrected chi connectivity index (χ3v) is 4.06. The minimum atomic E-state index is -0.255. The van der Waals surface area contributed by atoms with Gasteiger partial charge in [0.15, 0.2) is 18.1 Å². The number of carbonyl (C=O) groups excluding carboxylic acids is 1. The first-order valence-electron chi connectivity index (χ1n) is 8.79. The molecule has 6 heteroatoms. The second kappa shape index (κ2) is 10.6. The van der Waals surface area contributed by atoms with E-state index in [2.05, 4.69) is 17.2 Å². The minimum absolute atomic E-state index is 0.141. The van der Waals surface area contributed by atoms with E-state index in [1.807, 2.05) is 44.2 Å². The summed E-state index contributed by atoms with van der Waals surface area (Å²) in [7, 11) is 0. The SMILES string of the molecule is C=CCNCc1cc(OCC)c(OCC(=O)Nc2ccc(C)cc2)cc1Cl. The van der Waals surface area contributed by atoms with Gasteiger partial charge in [-0.05, 0) is 37.6 Å². The van der Waals surface area contributed by atoms with Gasteiger partial charge in [-0.15, -0.1) is 6.58 Å². The average Bonchev–Trinajstić information content (AvgIpc) is 2.65. The van der Waals surface area contributed by atoms with Gasteiger partial charge in [0.1, 0.15) is 0 Å². The number of amides is 1. The maximum atomic E-state index is 12.1. The molecular weight excluding hydrogens is 364 g/mol. The van der Waals surface area contributed by atoms with Crippen molar-refractivity contribution in [3.63, 3.8) is 0 Å². The molecule has 0 atom stereocenters. The summed E-state index contributed by atoms with van der Waals surface area (Å²) < 4.78 is 11.3. The van der Waals surface area contributed by atoms with Crippen LogP contribution >= 0.6 is 11.6 Å². The number of hydrogen-bond acceptors (Lipinski definition) is 4. The van der Waals surface area contributed by atoms with Crippen LogP contribution < -0.4 is 20.1 Å².